The molecule has 2 N–H and O–H groups in total. The van der Waals surface area contributed by atoms with Crippen LogP contribution < -0.4 is 15.4 Å². The number of anilines is 1. The maximum Gasteiger partial charge on any atom is 0.322 e. The van der Waals surface area contributed by atoms with Crippen molar-refractivity contribution < 1.29 is 18.7 Å². The van der Waals surface area contributed by atoms with E-state index in [1.165, 1.54) is 23.5 Å². The summed E-state index contributed by atoms with van der Waals surface area (Å²) in [5.41, 5.74) is 1.54. The molecule has 32 heavy (non-hydrogen) atoms. The number of carbonyl (C=O) groups excluding carboxylic acids is 2. The molecule has 0 radical (unpaired) electrons. The van der Waals surface area contributed by atoms with Gasteiger partial charge in [-0.15, -0.1) is 11.3 Å². The van der Waals surface area contributed by atoms with Gasteiger partial charge >= 0.3 is 6.03 Å². The van der Waals surface area contributed by atoms with Crippen LogP contribution in [-0.2, 0) is 6.54 Å². The molecule has 2 aromatic carbocycles. The van der Waals surface area contributed by atoms with Crippen molar-refractivity contribution in [2.24, 2.45) is 0 Å². The van der Waals surface area contributed by atoms with Crippen molar-refractivity contribution in [3.63, 3.8) is 0 Å². The van der Waals surface area contributed by atoms with Crippen molar-refractivity contribution in [2.45, 2.75) is 25.5 Å². The van der Waals surface area contributed by atoms with E-state index in [0.29, 0.717) is 48.8 Å². The predicted molar refractivity (Wildman–Crippen MR) is 123 cm³/mol. The highest BCUT2D eigenvalue weighted by Gasteiger charge is 2.24. The Bertz CT molecular complexity index is 1070. The summed E-state index contributed by atoms with van der Waals surface area (Å²) in [6, 6.07) is 17.3. The number of urea groups is 1. The summed E-state index contributed by atoms with van der Waals surface area (Å²) in [4.78, 5) is 26.7. The van der Waals surface area contributed by atoms with Gasteiger partial charge in [0.2, 0.25) is 0 Å². The molecule has 1 fully saturated rings. The second kappa shape index (κ2) is 10.3. The largest absolute Gasteiger partial charge is 0.490 e. The highest BCUT2D eigenvalue weighted by atomic mass is 32.1. The summed E-state index contributed by atoms with van der Waals surface area (Å²) < 4.78 is 19.1. The van der Waals surface area contributed by atoms with Crippen LogP contribution in [0.5, 0.6) is 5.75 Å². The summed E-state index contributed by atoms with van der Waals surface area (Å²) >= 11 is 1.32. The topological polar surface area (TPSA) is 70.7 Å². The highest BCUT2D eigenvalue weighted by molar-refractivity contribution is 7.14. The standard InChI is InChI=1S/C24H24FN3O3S/c25-19-7-4-8-21(14-19)31-20-9-11-28(12-10-20)24(30)27-22-13-18(16-32-22)23(29)26-15-17-5-2-1-3-6-17/h1-8,13-14,16,20H,9-12,15H2,(H,26,29)(H,27,30). The minimum Gasteiger partial charge on any atom is -0.490 e. The molecule has 166 valence electrons. The number of halogens is 1. The number of hydrogen-bond acceptors (Lipinski definition) is 4. The van der Waals surface area contributed by atoms with Crippen molar-refractivity contribution in [2.75, 3.05) is 18.4 Å². The fraction of sp³-hybridized carbons (Fsp3) is 0.250. The van der Waals surface area contributed by atoms with Gasteiger partial charge in [-0.25, -0.2) is 9.18 Å². The number of nitrogens with zero attached hydrogens (tertiary/aromatic N) is 1. The third kappa shape index (κ3) is 5.85. The van der Waals surface area contributed by atoms with Crippen LogP contribution in [0.1, 0.15) is 28.8 Å². The van der Waals surface area contributed by atoms with Crippen molar-refractivity contribution in [1.29, 1.82) is 0 Å². The van der Waals surface area contributed by atoms with Crippen molar-refractivity contribution >= 4 is 28.3 Å². The minimum atomic E-state index is -0.330. The molecular weight excluding hydrogens is 429 g/mol. The zero-order valence-electron chi connectivity index (χ0n) is 17.4. The second-order valence-electron chi connectivity index (χ2n) is 7.56. The Kier molecular flexibility index (Phi) is 7.01. The van der Waals surface area contributed by atoms with E-state index >= 15 is 0 Å². The van der Waals surface area contributed by atoms with Gasteiger partial charge in [0.1, 0.15) is 17.7 Å². The molecule has 1 aliphatic rings. The number of likely N-dealkylation sites (tertiary alicyclic amines) is 1. The molecule has 3 amide bonds. The minimum absolute atomic E-state index is 0.0532. The van der Waals surface area contributed by atoms with Crippen molar-refractivity contribution in [3.05, 3.63) is 83.0 Å². The first-order valence-corrected chi connectivity index (χ1v) is 11.3. The monoisotopic (exact) mass is 453 g/mol. The summed E-state index contributed by atoms with van der Waals surface area (Å²) in [5, 5.41) is 8.10. The zero-order chi connectivity index (χ0) is 22.3. The molecular formula is C24H24FN3O3S. The molecule has 1 saturated heterocycles. The van der Waals surface area contributed by atoms with Crippen LogP contribution >= 0.6 is 11.3 Å². The number of rotatable bonds is 6. The molecule has 6 nitrogen and oxygen atoms in total. The lowest BCUT2D eigenvalue weighted by Crippen LogP contribution is -2.43. The van der Waals surface area contributed by atoms with Crippen LogP contribution in [0.4, 0.5) is 14.2 Å². The van der Waals surface area contributed by atoms with E-state index in [0.717, 1.165) is 5.56 Å². The Morgan fingerprint density at radius 3 is 2.59 bits per heavy atom. The number of amides is 3. The van der Waals surface area contributed by atoms with E-state index in [2.05, 4.69) is 10.6 Å². The number of nitrogens with one attached hydrogen (secondary N) is 2. The number of ether oxygens (including phenoxy) is 1. The first-order chi connectivity index (χ1) is 15.6. The lowest BCUT2D eigenvalue weighted by molar-refractivity contribution is 0.0951. The van der Waals surface area contributed by atoms with Gasteiger partial charge in [-0.3, -0.25) is 10.1 Å². The molecule has 0 bridgehead atoms. The van der Waals surface area contributed by atoms with Crippen LogP contribution in [0.2, 0.25) is 0 Å². The SMILES string of the molecule is O=C(NCc1ccccc1)c1csc(NC(=O)N2CCC(Oc3cccc(F)c3)CC2)c1. The lowest BCUT2D eigenvalue weighted by Gasteiger charge is -2.32. The summed E-state index contributed by atoms with van der Waals surface area (Å²) in [6.07, 6.45) is 1.28. The molecule has 0 aliphatic carbocycles. The number of benzene rings is 2. The molecule has 1 aliphatic heterocycles. The summed E-state index contributed by atoms with van der Waals surface area (Å²) in [6.45, 7) is 1.53. The van der Waals surface area contributed by atoms with Crippen LogP contribution in [0.25, 0.3) is 0 Å². The third-order valence-electron chi connectivity index (χ3n) is 5.22. The van der Waals surface area contributed by atoms with Crippen LogP contribution in [0.15, 0.2) is 66.0 Å². The normalized spacial score (nSPS) is 14.1. The molecule has 0 saturated carbocycles. The van der Waals surface area contributed by atoms with E-state index in [4.69, 9.17) is 4.74 Å². The zero-order valence-corrected chi connectivity index (χ0v) is 18.2. The smallest absolute Gasteiger partial charge is 0.322 e. The van der Waals surface area contributed by atoms with Crippen molar-refractivity contribution in [3.8, 4) is 5.75 Å². The Morgan fingerprint density at radius 1 is 1.06 bits per heavy atom. The highest BCUT2D eigenvalue weighted by Crippen LogP contribution is 2.23. The van der Waals surface area contributed by atoms with Crippen LogP contribution in [-0.4, -0.2) is 36.0 Å². The number of hydrogen-bond donors (Lipinski definition) is 2. The molecule has 0 unspecified atom stereocenters. The first-order valence-electron chi connectivity index (χ1n) is 10.5. The molecule has 3 aromatic rings. The molecule has 2 heterocycles. The van der Waals surface area contributed by atoms with Gasteiger partial charge < -0.3 is 15.0 Å². The summed E-state index contributed by atoms with van der Waals surface area (Å²) in [5.74, 6) is -0.00569. The number of carbonyl (C=O) groups is 2. The summed E-state index contributed by atoms with van der Waals surface area (Å²) in [7, 11) is 0. The third-order valence-corrected chi connectivity index (χ3v) is 6.06. The molecule has 0 spiro atoms. The van der Waals surface area contributed by atoms with Gasteiger partial charge in [0.25, 0.3) is 5.91 Å². The molecule has 8 heteroatoms. The van der Waals surface area contributed by atoms with Gasteiger partial charge in [-0.1, -0.05) is 36.4 Å². The van der Waals surface area contributed by atoms with Crippen LogP contribution in [0, 0.1) is 5.82 Å². The predicted octanol–water partition coefficient (Wildman–Crippen LogP) is 4.89. The number of piperidine rings is 1. The van der Waals surface area contributed by atoms with E-state index in [1.807, 2.05) is 30.3 Å². The van der Waals surface area contributed by atoms with E-state index < -0.39 is 0 Å². The first kappa shape index (κ1) is 21.8. The fourth-order valence-electron chi connectivity index (χ4n) is 3.50. The van der Waals surface area contributed by atoms with Gasteiger partial charge in [0.05, 0.1) is 10.6 Å². The van der Waals surface area contributed by atoms with Gasteiger partial charge in [0, 0.05) is 43.9 Å². The Morgan fingerprint density at radius 2 is 1.84 bits per heavy atom. The quantitative estimate of drug-likeness (QED) is 0.558. The number of thiophene rings is 1. The molecule has 0 atom stereocenters. The fourth-order valence-corrected chi connectivity index (χ4v) is 4.27. The van der Waals surface area contributed by atoms with Crippen molar-refractivity contribution in [1.82, 2.24) is 10.2 Å². The maximum atomic E-state index is 13.3. The molecule has 1 aromatic heterocycles. The van der Waals surface area contributed by atoms with E-state index in [1.54, 1.807) is 28.5 Å². The Balaban J connectivity index is 1.23. The van der Waals surface area contributed by atoms with Gasteiger partial charge in [-0.2, -0.15) is 0 Å². The average Bonchev–Trinajstić information content (AvgIpc) is 3.27. The Hall–Kier alpha value is -3.39. The van der Waals surface area contributed by atoms with Crippen LogP contribution in [0.3, 0.4) is 0 Å². The second-order valence-corrected chi connectivity index (χ2v) is 8.47. The van der Waals surface area contributed by atoms with Gasteiger partial charge in [0.15, 0.2) is 0 Å². The maximum absolute atomic E-state index is 13.3. The lowest BCUT2D eigenvalue weighted by atomic mass is 10.1. The average molecular weight is 454 g/mol. The van der Waals surface area contributed by atoms with E-state index in [9.17, 15) is 14.0 Å². The van der Waals surface area contributed by atoms with E-state index in [-0.39, 0.29) is 23.9 Å². The molecule has 4 rings (SSSR count). The van der Waals surface area contributed by atoms with Gasteiger partial charge in [-0.05, 0) is 23.8 Å². The Labute approximate surface area is 190 Å².